The second-order valence-electron chi connectivity index (χ2n) is 9.25. The van der Waals surface area contributed by atoms with Crippen LogP contribution in [0.1, 0.15) is 105 Å². The van der Waals surface area contributed by atoms with E-state index >= 15 is 0 Å². The molecular weight excluding hydrogens is 340 g/mol. The molecule has 4 nitrogen and oxygen atoms in total. The van der Waals surface area contributed by atoms with E-state index < -0.39 is 17.8 Å². The summed E-state index contributed by atoms with van der Waals surface area (Å²) in [5.74, 6) is -0.732. The summed E-state index contributed by atoms with van der Waals surface area (Å²) in [5, 5.41) is 9.43. The third-order valence-electron chi connectivity index (χ3n) is 5.78. The average Bonchev–Trinajstić information content (AvgIpc) is 2.60. The largest absolute Gasteiger partial charge is 0.481 e. The van der Waals surface area contributed by atoms with Gasteiger partial charge in [0.1, 0.15) is 6.10 Å². The quantitative estimate of drug-likeness (QED) is 0.303. The number of ether oxygens (including phenoxy) is 1. The smallest absolute Gasteiger partial charge is 0.310 e. The number of hydrogen-bond donors (Lipinski definition) is 1. The number of aliphatic carboxylic acids is 1. The van der Waals surface area contributed by atoms with Crippen LogP contribution in [-0.4, -0.2) is 23.1 Å². The molecule has 3 unspecified atom stereocenters. The van der Waals surface area contributed by atoms with E-state index in [1.165, 1.54) is 19.3 Å². The average molecular weight is 383 g/mol. The van der Waals surface area contributed by atoms with Crippen LogP contribution in [0.5, 0.6) is 0 Å². The van der Waals surface area contributed by atoms with Crippen LogP contribution in [0.15, 0.2) is 0 Å². The summed E-state index contributed by atoms with van der Waals surface area (Å²) < 4.78 is 5.88. The second kappa shape index (κ2) is 13.2. The molecule has 0 amide bonds. The lowest BCUT2D eigenvalue weighted by Gasteiger charge is -2.29. The van der Waals surface area contributed by atoms with Gasteiger partial charge in [-0.1, -0.05) is 66.2 Å². The van der Waals surface area contributed by atoms with E-state index in [0.29, 0.717) is 18.8 Å². The number of carbonyl (C=O) groups is 2. The van der Waals surface area contributed by atoms with Gasteiger partial charge in [-0.15, -0.1) is 0 Å². The molecule has 0 heterocycles. The van der Waals surface area contributed by atoms with Gasteiger partial charge in [-0.2, -0.15) is 0 Å². The van der Waals surface area contributed by atoms with Crippen LogP contribution in [0, 0.1) is 23.7 Å². The number of unbranched alkanes of at least 4 members (excludes halogenated alkanes) is 2. The standard InChI is InChI=1S/C23H42O4/c1-17(2)11-6-5-7-13-19(14-10-12-18(3)4)27-23(26)21-16-9-8-15-20(21)22(24)25/h17-21H,5-16H2,1-4H3,(H,24,25). The first-order chi connectivity index (χ1) is 12.8. The third-order valence-corrected chi connectivity index (χ3v) is 5.78. The SMILES string of the molecule is CC(C)CCCCCC(CCCC(C)C)OC(=O)C1CCCCC1C(=O)O. The van der Waals surface area contributed by atoms with Gasteiger partial charge in [-0.05, 0) is 50.4 Å². The van der Waals surface area contributed by atoms with Crippen LogP contribution < -0.4 is 0 Å². The van der Waals surface area contributed by atoms with Crippen molar-refractivity contribution in [1.29, 1.82) is 0 Å². The summed E-state index contributed by atoms with van der Waals surface area (Å²) in [7, 11) is 0. The highest BCUT2D eigenvalue weighted by atomic mass is 16.5. The summed E-state index contributed by atoms with van der Waals surface area (Å²) in [6, 6.07) is 0. The number of carboxylic acid groups (broad SMARTS) is 1. The minimum atomic E-state index is -0.846. The summed E-state index contributed by atoms with van der Waals surface area (Å²) in [6.07, 6.45) is 11.8. The molecule has 27 heavy (non-hydrogen) atoms. The van der Waals surface area contributed by atoms with Crippen LogP contribution in [0.25, 0.3) is 0 Å². The van der Waals surface area contributed by atoms with E-state index in [0.717, 1.165) is 50.9 Å². The molecule has 0 aromatic heterocycles. The Bertz CT molecular complexity index is 430. The molecule has 1 fully saturated rings. The lowest BCUT2D eigenvalue weighted by atomic mass is 9.79. The molecule has 1 saturated carbocycles. The van der Waals surface area contributed by atoms with Gasteiger partial charge < -0.3 is 9.84 Å². The van der Waals surface area contributed by atoms with E-state index in [2.05, 4.69) is 27.7 Å². The van der Waals surface area contributed by atoms with Crippen molar-refractivity contribution in [2.75, 3.05) is 0 Å². The highest BCUT2D eigenvalue weighted by molar-refractivity contribution is 5.81. The zero-order valence-electron chi connectivity index (χ0n) is 18.0. The monoisotopic (exact) mass is 382 g/mol. The first-order valence-corrected chi connectivity index (χ1v) is 11.2. The van der Waals surface area contributed by atoms with Crippen molar-refractivity contribution < 1.29 is 19.4 Å². The van der Waals surface area contributed by atoms with Crippen molar-refractivity contribution in [1.82, 2.24) is 0 Å². The molecule has 0 aliphatic heterocycles. The van der Waals surface area contributed by atoms with Gasteiger partial charge in [0.25, 0.3) is 0 Å². The molecular formula is C23H42O4. The van der Waals surface area contributed by atoms with Gasteiger partial charge in [-0.25, -0.2) is 0 Å². The number of carbonyl (C=O) groups excluding carboxylic acids is 1. The number of carboxylic acids is 1. The van der Waals surface area contributed by atoms with Crippen molar-refractivity contribution in [2.24, 2.45) is 23.7 Å². The Balaban J connectivity index is 2.53. The van der Waals surface area contributed by atoms with Crippen molar-refractivity contribution in [2.45, 2.75) is 111 Å². The first kappa shape index (κ1) is 24.0. The molecule has 1 aliphatic carbocycles. The third kappa shape index (κ3) is 10.2. The molecule has 0 radical (unpaired) electrons. The van der Waals surface area contributed by atoms with Crippen molar-refractivity contribution in [3.63, 3.8) is 0 Å². The maximum Gasteiger partial charge on any atom is 0.310 e. The van der Waals surface area contributed by atoms with Crippen molar-refractivity contribution >= 4 is 11.9 Å². The fraction of sp³-hybridized carbons (Fsp3) is 0.913. The Morgan fingerprint density at radius 2 is 1.33 bits per heavy atom. The van der Waals surface area contributed by atoms with Gasteiger partial charge in [-0.3, -0.25) is 9.59 Å². The number of rotatable bonds is 13. The van der Waals surface area contributed by atoms with E-state index in [1.807, 2.05) is 0 Å². The molecule has 158 valence electrons. The molecule has 0 spiro atoms. The fourth-order valence-corrected chi connectivity index (χ4v) is 4.08. The molecule has 0 aromatic carbocycles. The molecule has 0 saturated heterocycles. The first-order valence-electron chi connectivity index (χ1n) is 11.2. The minimum Gasteiger partial charge on any atom is -0.481 e. The molecule has 1 aliphatic rings. The minimum absolute atomic E-state index is 0.0494. The molecule has 0 aromatic rings. The van der Waals surface area contributed by atoms with Crippen LogP contribution in [0.2, 0.25) is 0 Å². The van der Waals surface area contributed by atoms with Crippen LogP contribution in [0.3, 0.4) is 0 Å². The number of esters is 1. The van der Waals surface area contributed by atoms with Gasteiger partial charge in [0, 0.05) is 0 Å². The molecule has 4 heteroatoms. The van der Waals surface area contributed by atoms with Gasteiger partial charge in [0.2, 0.25) is 0 Å². The maximum atomic E-state index is 12.7. The summed E-state index contributed by atoms with van der Waals surface area (Å²) in [6.45, 7) is 8.93. The predicted molar refractivity (Wildman–Crippen MR) is 110 cm³/mol. The Morgan fingerprint density at radius 1 is 0.815 bits per heavy atom. The van der Waals surface area contributed by atoms with Gasteiger partial charge in [0.05, 0.1) is 11.8 Å². The zero-order chi connectivity index (χ0) is 20.2. The Morgan fingerprint density at radius 3 is 1.93 bits per heavy atom. The topological polar surface area (TPSA) is 63.6 Å². The second-order valence-corrected chi connectivity index (χ2v) is 9.25. The van der Waals surface area contributed by atoms with Crippen molar-refractivity contribution in [3.05, 3.63) is 0 Å². The summed E-state index contributed by atoms with van der Waals surface area (Å²) >= 11 is 0. The molecule has 3 atom stereocenters. The number of hydrogen-bond acceptors (Lipinski definition) is 3. The van der Waals surface area contributed by atoms with E-state index in [4.69, 9.17) is 4.74 Å². The Labute approximate surface area is 166 Å². The lowest BCUT2D eigenvalue weighted by molar-refractivity contribution is -0.164. The van der Waals surface area contributed by atoms with E-state index in [-0.39, 0.29) is 12.1 Å². The van der Waals surface area contributed by atoms with E-state index in [1.54, 1.807) is 0 Å². The van der Waals surface area contributed by atoms with Crippen molar-refractivity contribution in [3.8, 4) is 0 Å². The Kier molecular flexibility index (Phi) is 11.7. The van der Waals surface area contributed by atoms with Crippen LogP contribution in [0.4, 0.5) is 0 Å². The molecule has 1 N–H and O–H groups in total. The van der Waals surface area contributed by atoms with Gasteiger partial charge in [0.15, 0.2) is 0 Å². The molecule has 1 rings (SSSR count). The molecule has 0 bridgehead atoms. The van der Waals surface area contributed by atoms with E-state index in [9.17, 15) is 14.7 Å². The maximum absolute atomic E-state index is 12.7. The highest BCUT2D eigenvalue weighted by Crippen LogP contribution is 2.32. The summed E-state index contributed by atoms with van der Waals surface area (Å²) in [5.41, 5.74) is 0. The predicted octanol–water partition coefficient (Wildman–Crippen LogP) is 6.22. The van der Waals surface area contributed by atoms with Crippen LogP contribution in [-0.2, 0) is 14.3 Å². The van der Waals surface area contributed by atoms with Crippen LogP contribution >= 0.6 is 0 Å². The van der Waals surface area contributed by atoms with Gasteiger partial charge >= 0.3 is 11.9 Å². The zero-order valence-corrected chi connectivity index (χ0v) is 18.0. The Hall–Kier alpha value is -1.06. The normalized spacial score (nSPS) is 21.4. The fourth-order valence-electron chi connectivity index (χ4n) is 4.08. The summed E-state index contributed by atoms with van der Waals surface area (Å²) in [4.78, 5) is 24.2. The lowest BCUT2D eigenvalue weighted by Crippen LogP contribution is -2.35. The highest BCUT2D eigenvalue weighted by Gasteiger charge is 2.37.